The van der Waals surface area contributed by atoms with E-state index in [2.05, 4.69) is 29.4 Å². The van der Waals surface area contributed by atoms with Crippen LogP contribution < -0.4 is 0 Å². The molecule has 0 aliphatic carbocycles. The van der Waals surface area contributed by atoms with Gasteiger partial charge in [-0.1, -0.05) is 65.7 Å². The summed E-state index contributed by atoms with van der Waals surface area (Å²) >= 11 is 3.67. The number of fused-ring (bicyclic) bond motifs is 1. The molecular weight excluding hydrogens is 540 g/mol. The summed E-state index contributed by atoms with van der Waals surface area (Å²) in [7, 11) is 0. The molecule has 202 valence electrons. The molecule has 2 amide bonds. The molecule has 2 bridgehead atoms. The Labute approximate surface area is 227 Å². The average molecular weight is 578 g/mol. The Bertz CT molecular complexity index is 1010. The minimum Gasteiger partial charge on any atom is -0.466 e. The standard InChI is InChI=1S/C28H37BrN2O6/c1-4-7-14-30(13-5-2)26(34)24-28-16-20(29)23(37-28)21(27(35)36-6-3)22(28)25(33)31(24)19(17-32)15-18-11-9-8-10-12-18/h5,8-12,19-24,32H,2,4,6-7,13-17H2,1,3H3/t19-,20?,21-,22+,23-,24?,28?/m1/s1. The van der Waals surface area contributed by atoms with Crippen molar-refractivity contribution in [1.82, 2.24) is 9.80 Å². The summed E-state index contributed by atoms with van der Waals surface area (Å²) < 4.78 is 11.9. The maximum atomic E-state index is 14.3. The van der Waals surface area contributed by atoms with Gasteiger partial charge in [-0.2, -0.15) is 0 Å². The summed E-state index contributed by atoms with van der Waals surface area (Å²) in [6, 6.07) is 7.96. The van der Waals surface area contributed by atoms with Gasteiger partial charge in [0.2, 0.25) is 11.8 Å². The molecule has 3 aliphatic rings. The Morgan fingerprint density at radius 1 is 1.35 bits per heavy atom. The second-order valence-electron chi connectivity index (χ2n) is 10.1. The first kappa shape index (κ1) is 27.8. The predicted molar refractivity (Wildman–Crippen MR) is 142 cm³/mol. The van der Waals surface area contributed by atoms with E-state index in [9.17, 15) is 19.5 Å². The number of ether oxygens (including phenoxy) is 2. The van der Waals surface area contributed by atoms with Gasteiger partial charge >= 0.3 is 5.97 Å². The fourth-order valence-electron chi connectivity index (χ4n) is 6.35. The van der Waals surface area contributed by atoms with Crippen molar-refractivity contribution in [2.24, 2.45) is 11.8 Å². The predicted octanol–water partition coefficient (Wildman–Crippen LogP) is 2.72. The molecule has 1 spiro atoms. The highest BCUT2D eigenvalue weighted by atomic mass is 79.9. The second kappa shape index (κ2) is 11.7. The monoisotopic (exact) mass is 576 g/mol. The van der Waals surface area contributed by atoms with E-state index in [0.717, 1.165) is 18.4 Å². The van der Waals surface area contributed by atoms with Crippen molar-refractivity contribution in [1.29, 1.82) is 0 Å². The summed E-state index contributed by atoms with van der Waals surface area (Å²) in [6.45, 7) is 8.32. The Kier molecular flexibility index (Phi) is 8.76. The number of nitrogens with zero attached hydrogens (tertiary/aromatic N) is 2. The lowest BCUT2D eigenvalue weighted by Gasteiger charge is -2.39. The van der Waals surface area contributed by atoms with Gasteiger partial charge in [-0.3, -0.25) is 14.4 Å². The minimum atomic E-state index is -1.18. The SMILES string of the molecule is C=CCN(CCCC)C(=O)C1N([C@@H](CO)Cc2ccccc2)C(=O)[C@@H]2[C@@H](C(=O)OCC)[C@@H]3OC12CC3Br. The molecule has 0 radical (unpaired) electrons. The van der Waals surface area contributed by atoms with Crippen LogP contribution in [0.25, 0.3) is 0 Å². The average Bonchev–Trinajstić information content (AvgIpc) is 3.49. The van der Waals surface area contributed by atoms with Crippen LogP contribution >= 0.6 is 15.9 Å². The smallest absolute Gasteiger partial charge is 0.312 e. The van der Waals surface area contributed by atoms with E-state index in [4.69, 9.17) is 9.47 Å². The van der Waals surface area contributed by atoms with E-state index >= 15 is 0 Å². The van der Waals surface area contributed by atoms with Crippen LogP contribution in [0, 0.1) is 11.8 Å². The molecule has 3 aliphatic heterocycles. The van der Waals surface area contributed by atoms with Crippen molar-refractivity contribution in [2.45, 2.75) is 68.1 Å². The highest BCUT2D eigenvalue weighted by Crippen LogP contribution is 2.60. The van der Waals surface area contributed by atoms with Crippen LogP contribution in [0.5, 0.6) is 0 Å². The van der Waals surface area contributed by atoms with Crippen molar-refractivity contribution < 1.29 is 29.0 Å². The molecular formula is C28H37BrN2O6. The van der Waals surface area contributed by atoms with E-state index in [1.54, 1.807) is 17.9 Å². The molecule has 3 heterocycles. The number of aliphatic hydroxyl groups excluding tert-OH is 1. The molecule has 3 saturated heterocycles. The summed E-state index contributed by atoms with van der Waals surface area (Å²) in [4.78, 5) is 44.7. The molecule has 37 heavy (non-hydrogen) atoms. The number of carbonyl (C=O) groups is 3. The third kappa shape index (κ3) is 4.86. The van der Waals surface area contributed by atoms with Gasteiger partial charge in [-0.15, -0.1) is 6.58 Å². The normalized spacial score (nSPS) is 30.8. The topological polar surface area (TPSA) is 96.4 Å². The highest BCUT2D eigenvalue weighted by molar-refractivity contribution is 9.09. The molecule has 4 rings (SSSR count). The third-order valence-corrected chi connectivity index (χ3v) is 8.73. The van der Waals surface area contributed by atoms with Gasteiger partial charge in [0.15, 0.2) is 0 Å². The largest absolute Gasteiger partial charge is 0.466 e. The number of esters is 1. The number of carbonyl (C=O) groups excluding carboxylic acids is 3. The highest BCUT2D eigenvalue weighted by Gasteiger charge is 2.77. The number of aliphatic hydroxyl groups is 1. The second-order valence-corrected chi connectivity index (χ2v) is 11.3. The zero-order valence-electron chi connectivity index (χ0n) is 21.6. The van der Waals surface area contributed by atoms with Crippen molar-refractivity contribution in [3.63, 3.8) is 0 Å². The quantitative estimate of drug-likeness (QED) is 0.233. The number of hydrogen-bond donors (Lipinski definition) is 1. The van der Waals surface area contributed by atoms with E-state index in [0.29, 0.717) is 25.9 Å². The Hall–Kier alpha value is -2.23. The molecule has 9 heteroatoms. The van der Waals surface area contributed by atoms with Crippen LogP contribution in [-0.2, 0) is 30.3 Å². The first-order valence-corrected chi connectivity index (χ1v) is 14.1. The van der Waals surface area contributed by atoms with Crippen LogP contribution in [0.2, 0.25) is 0 Å². The molecule has 3 unspecified atom stereocenters. The van der Waals surface area contributed by atoms with Gasteiger partial charge in [0.1, 0.15) is 11.6 Å². The molecule has 1 aromatic rings. The molecule has 8 nitrogen and oxygen atoms in total. The molecule has 1 N–H and O–H groups in total. The van der Waals surface area contributed by atoms with Gasteiger partial charge < -0.3 is 24.4 Å². The number of likely N-dealkylation sites (tertiary alicyclic amines) is 1. The van der Waals surface area contributed by atoms with E-state index in [1.165, 1.54) is 4.90 Å². The van der Waals surface area contributed by atoms with Crippen LogP contribution in [0.4, 0.5) is 0 Å². The number of halogens is 1. The zero-order valence-corrected chi connectivity index (χ0v) is 23.1. The molecule has 1 aromatic carbocycles. The first-order valence-electron chi connectivity index (χ1n) is 13.2. The fourth-order valence-corrected chi connectivity index (χ4v) is 7.30. The number of benzene rings is 1. The van der Waals surface area contributed by atoms with Crippen LogP contribution in [0.1, 0.15) is 38.7 Å². The minimum absolute atomic E-state index is 0.187. The van der Waals surface area contributed by atoms with Crippen LogP contribution in [-0.4, -0.2) is 87.6 Å². The number of unbranched alkanes of at least 4 members (excludes halogenated alkanes) is 1. The van der Waals surface area contributed by atoms with Gasteiger partial charge in [0.25, 0.3) is 0 Å². The summed E-state index contributed by atoms with van der Waals surface area (Å²) in [5, 5.41) is 10.5. The lowest BCUT2D eigenvalue weighted by atomic mass is 9.70. The van der Waals surface area contributed by atoms with E-state index < -0.39 is 41.6 Å². The molecule has 7 atom stereocenters. The molecule has 3 fully saturated rings. The summed E-state index contributed by atoms with van der Waals surface area (Å²) in [5.74, 6) is -2.71. The Morgan fingerprint density at radius 2 is 2.08 bits per heavy atom. The third-order valence-electron chi connectivity index (χ3n) is 7.88. The number of alkyl halides is 1. The Morgan fingerprint density at radius 3 is 2.70 bits per heavy atom. The molecule has 0 saturated carbocycles. The lowest BCUT2D eigenvalue weighted by Crippen LogP contribution is -2.59. The molecule has 0 aromatic heterocycles. The number of amides is 2. The maximum absolute atomic E-state index is 14.3. The van der Waals surface area contributed by atoms with Gasteiger partial charge in [0.05, 0.1) is 37.2 Å². The van der Waals surface area contributed by atoms with E-state index in [-0.39, 0.29) is 29.9 Å². The summed E-state index contributed by atoms with van der Waals surface area (Å²) in [5.41, 5.74) is -0.241. The zero-order chi connectivity index (χ0) is 26.7. The van der Waals surface area contributed by atoms with E-state index in [1.807, 2.05) is 30.3 Å². The van der Waals surface area contributed by atoms with Gasteiger partial charge in [-0.25, -0.2) is 0 Å². The summed E-state index contributed by atoms with van der Waals surface area (Å²) in [6.07, 6.45) is 3.62. The first-order chi connectivity index (χ1) is 17.8. The van der Waals surface area contributed by atoms with Crippen molar-refractivity contribution >= 4 is 33.7 Å². The van der Waals surface area contributed by atoms with Crippen LogP contribution in [0.3, 0.4) is 0 Å². The van der Waals surface area contributed by atoms with Crippen molar-refractivity contribution in [3.8, 4) is 0 Å². The van der Waals surface area contributed by atoms with Crippen LogP contribution in [0.15, 0.2) is 43.0 Å². The lowest BCUT2D eigenvalue weighted by molar-refractivity contribution is -0.156. The van der Waals surface area contributed by atoms with Gasteiger partial charge in [0, 0.05) is 17.9 Å². The number of rotatable bonds is 12. The van der Waals surface area contributed by atoms with Crippen molar-refractivity contribution in [3.05, 3.63) is 48.6 Å². The fraction of sp³-hybridized carbons (Fsp3) is 0.607. The maximum Gasteiger partial charge on any atom is 0.312 e. The Balaban J connectivity index is 1.79. The number of hydrogen-bond acceptors (Lipinski definition) is 6. The van der Waals surface area contributed by atoms with Gasteiger partial charge in [-0.05, 0) is 31.7 Å². The van der Waals surface area contributed by atoms with Crippen molar-refractivity contribution in [2.75, 3.05) is 26.3 Å².